The molecule has 5 nitrogen and oxygen atoms in total. The van der Waals surface area contributed by atoms with Gasteiger partial charge in [0.2, 0.25) is 0 Å². The fourth-order valence-corrected chi connectivity index (χ4v) is 2.94. The van der Waals surface area contributed by atoms with Gasteiger partial charge >= 0.3 is 0 Å². The fraction of sp³-hybridized carbons (Fsp3) is 0.714. The Morgan fingerprint density at radius 1 is 1.00 bits per heavy atom. The lowest BCUT2D eigenvalue weighted by Gasteiger charge is -2.31. The van der Waals surface area contributed by atoms with E-state index in [-0.39, 0.29) is 0 Å². The standard InChI is InChI=1S/C14H23N5/c1-11-16-13(18-6-2-3-7-18)10-14(17-11)19-8-4-12(15)5-9-19/h10,12H,2-9,15H2,1H3. The molecule has 5 heteroatoms. The minimum absolute atomic E-state index is 0.359. The molecule has 0 saturated carbocycles. The second kappa shape index (κ2) is 5.33. The SMILES string of the molecule is Cc1nc(N2CCCC2)cc(N2CCC(N)CC2)n1. The lowest BCUT2D eigenvalue weighted by Crippen LogP contribution is -2.40. The lowest BCUT2D eigenvalue weighted by molar-refractivity contribution is 0.498. The minimum atomic E-state index is 0.359. The summed E-state index contributed by atoms with van der Waals surface area (Å²) < 4.78 is 0. The van der Waals surface area contributed by atoms with Crippen molar-refractivity contribution in [1.29, 1.82) is 0 Å². The van der Waals surface area contributed by atoms with Gasteiger partial charge in [0.05, 0.1) is 0 Å². The Kier molecular flexibility index (Phi) is 3.55. The van der Waals surface area contributed by atoms with Gasteiger partial charge in [0.15, 0.2) is 0 Å². The second-order valence-electron chi connectivity index (χ2n) is 5.65. The summed E-state index contributed by atoms with van der Waals surface area (Å²) in [6.45, 7) is 6.26. The average molecular weight is 261 g/mol. The maximum atomic E-state index is 5.97. The van der Waals surface area contributed by atoms with Gasteiger partial charge in [-0.25, -0.2) is 9.97 Å². The van der Waals surface area contributed by atoms with E-state index in [4.69, 9.17) is 5.73 Å². The normalized spacial score (nSPS) is 21.2. The molecule has 0 unspecified atom stereocenters. The molecule has 0 bridgehead atoms. The summed E-state index contributed by atoms with van der Waals surface area (Å²) in [6.07, 6.45) is 4.66. The number of nitrogens with two attached hydrogens (primary N) is 1. The smallest absolute Gasteiger partial charge is 0.134 e. The molecular formula is C14H23N5. The number of rotatable bonds is 2. The van der Waals surface area contributed by atoms with Crippen molar-refractivity contribution in [2.24, 2.45) is 5.73 Å². The molecule has 0 spiro atoms. The monoisotopic (exact) mass is 261 g/mol. The van der Waals surface area contributed by atoms with Crippen molar-refractivity contribution in [2.45, 2.75) is 38.6 Å². The number of anilines is 2. The summed E-state index contributed by atoms with van der Waals surface area (Å²) in [6, 6.07) is 2.51. The molecule has 3 heterocycles. The van der Waals surface area contributed by atoms with Crippen molar-refractivity contribution in [3.8, 4) is 0 Å². The Bertz CT molecular complexity index is 433. The molecule has 19 heavy (non-hydrogen) atoms. The van der Waals surface area contributed by atoms with Crippen LogP contribution >= 0.6 is 0 Å². The third-order valence-electron chi connectivity index (χ3n) is 4.10. The molecule has 0 aromatic carbocycles. The molecule has 3 rings (SSSR count). The van der Waals surface area contributed by atoms with Crippen LogP contribution in [0.1, 0.15) is 31.5 Å². The zero-order valence-corrected chi connectivity index (χ0v) is 11.7. The first-order chi connectivity index (χ1) is 9.22. The van der Waals surface area contributed by atoms with Crippen LogP contribution in [0.15, 0.2) is 6.07 Å². The van der Waals surface area contributed by atoms with E-state index in [2.05, 4.69) is 25.8 Å². The predicted octanol–water partition coefficient (Wildman–Crippen LogP) is 1.31. The average Bonchev–Trinajstić information content (AvgIpc) is 2.93. The fourth-order valence-electron chi connectivity index (χ4n) is 2.94. The van der Waals surface area contributed by atoms with Crippen LogP contribution in [-0.4, -0.2) is 42.2 Å². The summed E-state index contributed by atoms with van der Waals surface area (Å²) in [5.41, 5.74) is 5.97. The molecule has 2 saturated heterocycles. The van der Waals surface area contributed by atoms with Crippen LogP contribution < -0.4 is 15.5 Å². The summed E-state index contributed by atoms with van der Waals surface area (Å²) in [7, 11) is 0. The van der Waals surface area contributed by atoms with Crippen molar-refractivity contribution in [3.05, 3.63) is 11.9 Å². The molecule has 2 fully saturated rings. The number of nitrogens with zero attached hydrogens (tertiary/aromatic N) is 4. The molecule has 2 aliphatic heterocycles. The largest absolute Gasteiger partial charge is 0.356 e. The van der Waals surface area contributed by atoms with Gasteiger partial charge in [-0.3, -0.25) is 0 Å². The minimum Gasteiger partial charge on any atom is -0.356 e. The Labute approximate surface area is 114 Å². The highest BCUT2D eigenvalue weighted by Gasteiger charge is 2.20. The van der Waals surface area contributed by atoms with Crippen molar-refractivity contribution in [1.82, 2.24) is 9.97 Å². The van der Waals surface area contributed by atoms with Gasteiger partial charge in [-0.1, -0.05) is 0 Å². The van der Waals surface area contributed by atoms with Crippen LogP contribution in [-0.2, 0) is 0 Å². The molecule has 0 amide bonds. The van der Waals surface area contributed by atoms with Gasteiger partial charge in [0.1, 0.15) is 17.5 Å². The van der Waals surface area contributed by atoms with E-state index >= 15 is 0 Å². The number of hydrogen-bond donors (Lipinski definition) is 1. The highest BCUT2D eigenvalue weighted by atomic mass is 15.2. The van der Waals surface area contributed by atoms with Crippen LogP contribution in [0.25, 0.3) is 0 Å². The quantitative estimate of drug-likeness (QED) is 0.870. The third-order valence-corrected chi connectivity index (χ3v) is 4.10. The third kappa shape index (κ3) is 2.81. The second-order valence-corrected chi connectivity index (χ2v) is 5.65. The van der Waals surface area contributed by atoms with Crippen LogP contribution in [0.5, 0.6) is 0 Å². The number of piperidine rings is 1. The van der Waals surface area contributed by atoms with Crippen LogP contribution in [0.2, 0.25) is 0 Å². The highest BCUT2D eigenvalue weighted by molar-refractivity contribution is 5.51. The maximum absolute atomic E-state index is 5.97. The van der Waals surface area contributed by atoms with Gasteiger partial charge in [0.25, 0.3) is 0 Å². The van der Waals surface area contributed by atoms with E-state index in [0.29, 0.717) is 6.04 Å². The molecule has 2 aliphatic rings. The van der Waals surface area contributed by atoms with Gasteiger partial charge in [0, 0.05) is 38.3 Å². The zero-order chi connectivity index (χ0) is 13.2. The molecule has 1 aromatic rings. The maximum Gasteiger partial charge on any atom is 0.134 e. The molecule has 0 atom stereocenters. The summed E-state index contributed by atoms with van der Waals surface area (Å²) in [5, 5.41) is 0. The van der Waals surface area contributed by atoms with E-state index in [0.717, 1.165) is 56.5 Å². The molecular weight excluding hydrogens is 238 g/mol. The Hall–Kier alpha value is -1.36. The van der Waals surface area contributed by atoms with Crippen LogP contribution in [0.3, 0.4) is 0 Å². The number of aromatic nitrogens is 2. The highest BCUT2D eigenvalue weighted by Crippen LogP contribution is 2.24. The van der Waals surface area contributed by atoms with Crippen molar-refractivity contribution in [2.75, 3.05) is 36.0 Å². The van der Waals surface area contributed by atoms with Crippen LogP contribution in [0, 0.1) is 6.92 Å². The summed E-state index contributed by atoms with van der Waals surface area (Å²) >= 11 is 0. The molecule has 2 N–H and O–H groups in total. The molecule has 0 radical (unpaired) electrons. The molecule has 104 valence electrons. The van der Waals surface area contributed by atoms with Gasteiger partial charge < -0.3 is 15.5 Å². The topological polar surface area (TPSA) is 58.3 Å². The van der Waals surface area contributed by atoms with E-state index in [1.165, 1.54) is 12.8 Å². The van der Waals surface area contributed by atoms with Crippen molar-refractivity contribution < 1.29 is 0 Å². The Morgan fingerprint density at radius 3 is 2.11 bits per heavy atom. The summed E-state index contributed by atoms with van der Waals surface area (Å²) in [5.74, 6) is 3.03. The first-order valence-electron chi connectivity index (χ1n) is 7.33. The Balaban J connectivity index is 1.80. The van der Waals surface area contributed by atoms with E-state index in [1.807, 2.05) is 6.92 Å². The predicted molar refractivity (Wildman–Crippen MR) is 77.6 cm³/mol. The number of hydrogen-bond acceptors (Lipinski definition) is 5. The molecule has 1 aromatic heterocycles. The van der Waals surface area contributed by atoms with Gasteiger partial charge in [-0.15, -0.1) is 0 Å². The zero-order valence-electron chi connectivity index (χ0n) is 11.7. The van der Waals surface area contributed by atoms with Gasteiger partial charge in [-0.2, -0.15) is 0 Å². The van der Waals surface area contributed by atoms with E-state index in [1.54, 1.807) is 0 Å². The first kappa shape index (κ1) is 12.7. The number of aryl methyl sites for hydroxylation is 1. The Morgan fingerprint density at radius 2 is 1.53 bits per heavy atom. The van der Waals surface area contributed by atoms with Gasteiger partial charge in [-0.05, 0) is 32.6 Å². The van der Waals surface area contributed by atoms with Crippen molar-refractivity contribution in [3.63, 3.8) is 0 Å². The van der Waals surface area contributed by atoms with E-state index < -0.39 is 0 Å². The summed E-state index contributed by atoms with van der Waals surface area (Å²) in [4.78, 5) is 13.9. The van der Waals surface area contributed by atoms with Crippen molar-refractivity contribution >= 4 is 11.6 Å². The first-order valence-corrected chi connectivity index (χ1v) is 7.33. The van der Waals surface area contributed by atoms with E-state index in [9.17, 15) is 0 Å². The molecule has 0 aliphatic carbocycles. The van der Waals surface area contributed by atoms with Crippen LogP contribution in [0.4, 0.5) is 11.6 Å². The lowest BCUT2D eigenvalue weighted by atomic mass is 10.1.